The summed E-state index contributed by atoms with van der Waals surface area (Å²) in [4.78, 5) is 25.9. The van der Waals surface area contributed by atoms with E-state index in [0.29, 0.717) is 27.2 Å². The minimum Gasteiger partial charge on any atom is -0.289 e. The number of hydrogen-bond donors (Lipinski definition) is 0. The molecule has 4 rings (SSSR count). The fourth-order valence-electron chi connectivity index (χ4n) is 2.76. The maximum atomic E-state index is 13.0. The number of aromatic nitrogens is 3. The smallest absolute Gasteiger partial charge is 0.280 e. The van der Waals surface area contributed by atoms with Crippen LogP contribution in [0.1, 0.15) is 26.3 Å². The van der Waals surface area contributed by atoms with Gasteiger partial charge in [-0.2, -0.15) is 4.68 Å². The standard InChI is InChI=1S/C20H12ClN3O2/c21-14-11-9-13(10-12-14)19(25)15-5-1-2-6-16(15)20(26)24-18-8-4-3-7-17(18)22-23-24/h1-12H. The number of ketones is 1. The fourth-order valence-corrected chi connectivity index (χ4v) is 2.88. The number of carbonyl (C=O) groups is 2. The van der Waals surface area contributed by atoms with E-state index in [-0.39, 0.29) is 11.3 Å². The molecule has 0 bridgehead atoms. The molecule has 1 heterocycles. The quantitative estimate of drug-likeness (QED) is 0.517. The summed E-state index contributed by atoms with van der Waals surface area (Å²) in [6, 6.07) is 20.4. The Morgan fingerprint density at radius 3 is 2.23 bits per heavy atom. The summed E-state index contributed by atoms with van der Waals surface area (Å²) in [7, 11) is 0. The zero-order chi connectivity index (χ0) is 18.1. The first-order valence-electron chi connectivity index (χ1n) is 7.89. The van der Waals surface area contributed by atoms with Gasteiger partial charge in [0.05, 0.1) is 11.1 Å². The Hall–Kier alpha value is -3.31. The highest BCUT2D eigenvalue weighted by atomic mass is 35.5. The number of nitrogens with zero attached hydrogens (tertiary/aromatic N) is 3. The lowest BCUT2D eigenvalue weighted by molar-refractivity contribution is 0.0937. The van der Waals surface area contributed by atoms with Gasteiger partial charge < -0.3 is 0 Å². The Morgan fingerprint density at radius 1 is 0.808 bits per heavy atom. The lowest BCUT2D eigenvalue weighted by Gasteiger charge is -2.08. The monoisotopic (exact) mass is 361 g/mol. The van der Waals surface area contributed by atoms with Crippen LogP contribution in [0.5, 0.6) is 0 Å². The van der Waals surface area contributed by atoms with Gasteiger partial charge in [0.1, 0.15) is 5.52 Å². The molecule has 1 aromatic heterocycles. The molecule has 0 radical (unpaired) electrons. The third-order valence-electron chi connectivity index (χ3n) is 4.05. The van der Waals surface area contributed by atoms with Crippen LogP contribution in [-0.2, 0) is 0 Å². The van der Waals surface area contributed by atoms with Gasteiger partial charge in [-0.05, 0) is 42.5 Å². The molecule has 0 unspecified atom stereocenters. The average molecular weight is 362 g/mol. The van der Waals surface area contributed by atoms with Crippen molar-refractivity contribution in [3.63, 3.8) is 0 Å². The maximum absolute atomic E-state index is 13.0. The zero-order valence-corrected chi connectivity index (χ0v) is 14.2. The van der Waals surface area contributed by atoms with E-state index in [1.165, 1.54) is 4.68 Å². The number of para-hydroxylation sites is 1. The van der Waals surface area contributed by atoms with Crippen molar-refractivity contribution in [2.75, 3.05) is 0 Å². The summed E-state index contributed by atoms with van der Waals surface area (Å²) in [5.74, 6) is -0.661. The number of fused-ring (bicyclic) bond motifs is 1. The highest BCUT2D eigenvalue weighted by Gasteiger charge is 2.21. The van der Waals surface area contributed by atoms with Crippen LogP contribution in [0.15, 0.2) is 72.8 Å². The largest absolute Gasteiger partial charge is 0.289 e. The number of rotatable bonds is 3. The highest BCUT2D eigenvalue weighted by Crippen LogP contribution is 2.19. The van der Waals surface area contributed by atoms with Crippen LogP contribution in [0.4, 0.5) is 0 Å². The molecule has 126 valence electrons. The summed E-state index contributed by atoms with van der Waals surface area (Å²) < 4.78 is 1.21. The van der Waals surface area contributed by atoms with Gasteiger partial charge >= 0.3 is 0 Å². The Labute approximate surface area is 153 Å². The molecule has 4 aromatic rings. The lowest BCUT2D eigenvalue weighted by atomic mass is 9.98. The van der Waals surface area contributed by atoms with Crippen LogP contribution in [0, 0.1) is 0 Å². The molecule has 0 aliphatic carbocycles. The van der Waals surface area contributed by atoms with E-state index in [0.717, 1.165) is 0 Å². The first-order chi connectivity index (χ1) is 12.6. The molecule has 0 N–H and O–H groups in total. The second-order valence-corrected chi connectivity index (χ2v) is 6.11. The fraction of sp³-hybridized carbons (Fsp3) is 0. The van der Waals surface area contributed by atoms with Crippen LogP contribution in [0.3, 0.4) is 0 Å². The van der Waals surface area contributed by atoms with Crippen molar-refractivity contribution >= 4 is 34.3 Å². The van der Waals surface area contributed by atoms with Gasteiger partial charge in [0.2, 0.25) is 0 Å². The number of carbonyl (C=O) groups excluding carboxylic acids is 2. The third kappa shape index (κ3) is 2.78. The summed E-state index contributed by atoms with van der Waals surface area (Å²) in [5.41, 5.74) is 2.23. The summed E-state index contributed by atoms with van der Waals surface area (Å²) in [6.45, 7) is 0. The Bertz CT molecular complexity index is 1130. The van der Waals surface area contributed by atoms with Crippen molar-refractivity contribution in [2.45, 2.75) is 0 Å². The van der Waals surface area contributed by atoms with Crippen molar-refractivity contribution in [1.29, 1.82) is 0 Å². The lowest BCUT2D eigenvalue weighted by Crippen LogP contribution is -2.18. The second-order valence-electron chi connectivity index (χ2n) is 5.68. The van der Waals surface area contributed by atoms with Crippen molar-refractivity contribution in [3.8, 4) is 0 Å². The first-order valence-corrected chi connectivity index (χ1v) is 8.27. The van der Waals surface area contributed by atoms with Crippen molar-refractivity contribution in [1.82, 2.24) is 15.0 Å². The van der Waals surface area contributed by atoms with E-state index in [2.05, 4.69) is 10.3 Å². The minimum absolute atomic E-state index is 0.255. The maximum Gasteiger partial charge on any atom is 0.280 e. The normalized spacial score (nSPS) is 10.8. The number of halogens is 1. The molecule has 0 aliphatic heterocycles. The van der Waals surface area contributed by atoms with Crippen LogP contribution in [0.25, 0.3) is 11.0 Å². The van der Waals surface area contributed by atoms with Gasteiger partial charge in [-0.3, -0.25) is 9.59 Å². The number of benzene rings is 3. The summed E-state index contributed by atoms with van der Waals surface area (Å²) >= 11 is 5.88. The second kappa shape index (κ2) is 6.54. The van der Waals surface area contributed by atoms with E-state index in [1.807, 2.05) is 6.07 Å². The molecular formula is C20H12ClN3O2. The zero-order valence-electron chi connectivity index (χ0n) is 13.5. The van der Waals surface area contributed by atoms with E-state index in [1.54, 1.807) is 66.7 Å². The Balaban J connectivity index is 1.79. The van der Waals surface area contributed by atoms with Gasteiger partial charge in [0.25, 0.3) is 5.91 Å². The van der Waals surface area contributed by atoms with Crippen molar-refractivity contribution in [2.24, 2.45) is 0 Å². The summed E-state index contributed by atoms with van der Waals surface area (Å²) in [6.07, 6.45) is 0. The molecule has 5 nitrogen and oxygen atoms in total. The molecule has 0 fully saturated rings. The molecule has 0 saturated carbocycles. The van der Waals surface area contributed by atoms with Gasteiger partial charge in [0, 0.05) is 16.1 Å². The predicted octanol–water partition coefficient (Wildman–Crippen LogP) is 4.00. The van der Waals surface area contributed by atoms with Crippen molar-refractivity contribution < 1.29 is 9.59 Å². The van der Waals surface area contributed by atoms with E-state index in [9.17, 15) is 9.59 Å². The van der Waals surface area contributed by atoms with Gasteiger partial charge in [-0.1, -0.05) is 47.1 Å². The van der Waals surface area contributed by atoms with E-state index in [4.69, 9.17) is 11.6 Å². The topological polar surface area (TPSA) is 64.8 Å². The van der Waals surface area contributed by atoms with Crippen LogP contribution < -0.4 is 0 Å². The first kappa shape index (κ1) is 16.2. The molecule has 3 aromatic carbocycles. The minimum atomic E-state index is -0.406. The van der Waals surface area contributed by atoms with Crippen LogP contribution in [0.2, 0.25) is 5.02 Å². The molecule has 26 heavy (non-hydrogen) atoms. The molecule has 0 saturated heterocycles. The molecule has 6 heteroatoms. The average Bonchev–Trinajstić information content (AvgIpc) is 3.11. The van der Waals surface area contributed by atoms with Crippen LogP contribution in [-0.4, -0.2) is 26.7 Å². The van der Waals surface area contributed by atoms with Crippen LogP contribution >= 0.6 is 11.6 Å². The van der Waals surface area contributed by atoms with Crippen molar-refractivity contribution in [3.05, 3.63) is 94.5 Å². The van der Waals surface area contributed by atoms with Gasteiger partial charge in [0.15, 0.2) is 5.78 Å². The molecule has 0 spiro atoms. The molecule has 0 aliphatic rings. The SMILES string of the molecule is O=C(c1ccc(Cl)cc1)c1ccccc1C(=O)n1nnc2ccccc21. The van der Waals surface area contributed by atoms with E-state index < -0.39 is 5.91 Å². The Morgan fingerprint density at radius 2 is 1.46 bits per heavy atom. The number of hydrogen-bond acceptors (Lipinski definition) is 4. The van der Waals surface area contributed by atoms with Gasteiger partial charge in [-0.25, -0.2) is 0 Å². The highest BCUT2D eigenvalue weighted by molar-refractivity contribution is 6.30. The molecule has 0 amide bonds. The van der Waals surface area contributed by atoms with Gasteiger partial charge in [-0.15, -0.1) is 5.10 Å². The third-order valence-corrected chi connectivity index (χ3v) is 4.30. The predicted molar refractivity (Wildman–Crippen MR) is 98.6 cm³/mol. The molecular weight excluding hydrogens is 350 g/mol. The Kier molecular flexibility index (Phi) is 4.07. The van der Waals surface area contributed by atoms with E-state index >= 15 is 0 Å². The molecule has 0 atom stereocenters. The summed E-state index contributed by atoms with van der Waals surface area (Å²) in [5, 5.41) is 8.49.